The van der Waals surface area contributed by atoms with Gasteiger partial charge in [-0.1, -0.05) is 32.4 Å². The van der Waals surface area contributed by atoms with Crippen molar-refractivity contribution in [3.05, 3.63) is 31.6 Å². The molecule has 4 nitrogen and oxygen atoms in total. The molecule has 1 aromatic heterocycles. The van der Waals surface area contributed by atoms with Crippen molar-refractivity contribution < 1.29 is 0 Å². The minimum atomic E-state index is -0.376. The van der Waals surface area contributed by atoms with Crippen molar-refractivity contribution >= 4 is 11.6 Å². The maximum absolute atomic E-state index is 12.4. The number of rotatable bonds is 2. The van der Waals surface area contributed by atoms with E-state index in [1.165, 1.54) is 4.57 Å². The van der Waals surface area contributed by atoms with Crippen LogP contribution in [0.15, 0.2) is 9.59 Å². The molecule has 1 N–H and O–H groups in total. The molecular weight excluding hydrogens is 264 g/mol. The second-order valence-corrected chi connectivity index (χ2v) is 6.09. The lowest BCUT2D eigenvalue weighted by Gasteiger charge is -2.33. The molecule has 106 valence electrons. The highest BCUT2D eigenvalue weighted by molar-refractivity contribution is 6.30. The summed E-state index contributed by atoms with van der Waals surface area (Å²) in [7, 11) is 0. The van der Waals surface area contributed by atoms with Gasteiger partial charge in [-0.3, -0.25) is 14.3 Å². The summed E-state index contributed by atoms with van der Waals surface area (Å²) in [5, 5.41) is 0.186. The molecule has 0 radical (unpaired) electrons. The third kappa shape index (κ3) is 2.64. The average molecular weight is 285 g/mol. The zero-order valence-electron chi connectivity index (χ0n) is 11.7. The van der Waals surface area contributed by atoms with Crippen LogP contribution in [0.1, 0.15) is 51.6 Å². The first-order valence-corrected chi connectivity index (χ1v) is 7.36. The van der Waals surface area contributed by atoms with Gasteiger partial charge in [-0.15, -0.1) is 0 Å². The molecule has 1 aliphatic rings. The van der Waals surface area contributed by atoms with Crippen LogP contribution in [0.25, 0.3) is 0 Å². The van der Waals surface area contributed by atoms with Crippen molar-refractivity contribution in [1.82, 2.24) is 9.55 Å². The van der Waals surface area contributed by atoms with Gasteiger partial charge in [-0.05, 0) is 37.5 Å². The number of H-pyrrole nitrogens is 1. The number of nitrogens with one attached hydrogen (secondary N) is 1. The maximum atomic E-state index is 12.4. The van der Waals surface area contributed by atoms with E-state index >= 15 is 0 Å². The van der Waals surface area contributed by atoms with Crippen molar-refractivity contribution in [1.29, 1.82) is 0 Å². The van der Waals surface area contributed by atoms with Crippen molar-refractivity contribution in [2.75, 3.05) is 0 Å². The predicted molar refractivity (Wildman–Crippen MR) is 76.9 cm³/mol. The molecule has 19 heavy (non-hydrogen) atoms. The molecular formula is C14H21ClN2O2. The van der Waals surface area contributed by atoms with Crippen molar-refractivity contribution in [3.8, 4) is 0 Å². The Hall–Kier alpha value is -1.03. The number of aromatic nitrogens is 2. The summed E-state index contributed by atoms with van der Waals surface area (Å²) >= 11 is 5.94. The molecule has 1 fully saturated rings. The van der Waals surface area contributed by atoms with Crippen LogP contribution in [0.4, 0.5) is 0 Å². The second-order valence-electron chi connectivity index (χ2n) is 5.71. The maximum Gasteiger partial charge on any atom is 0.329 e. The first kappa shape index (κ1) is 14.4. The van der Waals surface area contributed by atoms with E-state index in [0.29, 0.717) is 23.8 Å². The summed E-state index contributed by atoms with van der Waals surface area (Å²) < 4.78 is 1.39. The van der Waals surface area contributed by atoms with Gasteiger partial charge >= 0.3 is 5.69 Å². The number of halogens is 1. The number of aromatic amines is 1. The Labute approximate surface area is 117 Å². The normalized spacial score (nSPS) is 27.5. The third-order valence-electron chi connectivity index (χ3n) is 4.25. The van der Waals surface area contributed by atoms with E-state index in [9.17, 15) is 9.59 Å². The van der Waals surface area contributed by atoms with Crippen molar-refractivity contribution in [3.63, 3.8) is 0 Å². The van der Waals surface area contributed by atoms with Crippen LogP contribution in [-0.4, -0.2) is 9.55 Å². The molecule has 0 aromatic carbocycles. The van der Waals surface area contributed by atoms with E-state index in [-0.39, 0.29) is 22.4 Å². The molecule has 1 saturated carbocycles. The fourth-order valence-electron chi connectivity index (χ4n) is 3.20. The summed E-state index contributed by atoms with van der Waals surface area (Å²) in [6, 6.07) is -0.00461. The number of nitrogens with zero attached hydrogens (tertiary/aromatic N) is 1. The Kier molecular flexibility index (Phi) is 4.19. The topological polar surface area (TPSA) is 54.9 Å². The summed E-state index contributed by atoms with van der Waals surface area (Å²) in [5.41, 5.74) is -0.0895. The molecule has 3 unspecified atom stereocenters. The van der Waals surface area contributed by atoms with Crippen LogP contribution >= 0.6 is 11.6 Å². The van der Waals surface area contributed by atoms with Crippen molar-refractivity contribution in [2.24, 2.45) is 11.8 Å². The molecule has 1 aromatic rings. The lowest BCUT2D eigenvalue weighted by Crippen LogP contribution is -2.43. The lowest BCUT2D eigenvalue weighted by molar-refractivity contribution is 0.198. The van der Waals surface area contributed by atoms with Gasteiger partial charge in [0.2, 0.25) is 0 Å². The molecule has 3 atom stereocenters. The second kappa shape index (κ2) is 5.53. The molecule has 5 heteroatoms. The Morgan fingerprint density at radius 2 is 2.00 bits per heavy atom. The van der Waals surface area contributed by atoms with Gasteiger partial charge in [-0.2, -0.15) is 0 Å². The molecule has 0 saturated heterocycles. The minimum absolute atomic E-state index is 0.00461. The minimum Gasteiger partial charge on any atom is -0.297 e. The summed E-state index contributed by atoms with van der Waals surface area (Å²) in [5.74, 6) is 1.01. The number of hydrogen-bond donors (Lipinski definition) is 1. The Bertz CT molecular complexity index is 576. The van der Waals surface area contributed by atoms with E-state index in [0.717, 1.165) is 19.3 Å². The molecule has 2 rings (SSSR count). The Morgan fingerprint density at radius 3 is 2.58 bits per heavy atom. The average Bonchev–Trinajstić information content (AvgIpc) is 2.31. The first-order valence-electron chi connectivity index (χ1n) is 6.98. The van der Waals surface area contributed by atoms with E-state index < -0.39 is 0 Å². The molecule has 0 amide bonds. The van der Waals surface area contributed by atoms with Crippen LogP contribution in [0, 0.1) is 11.8 Å². The predicted octanol–water partition coefficient (Wildman–Crippen LogP) is 2.75. The zero-order chi connectivity index (χ0) is 14.2. The van der Waals surface area contributed by atoms with Crippen LogP contribution in [-0.2, 0) is 6.42 Å². The Morgan fingerprint density at radius 1 is 1.32 bits per heavy atom. The molecule has 0 spiro atoms. The summed E-state index contributed by atoms with van der Waals surface area (Å²) in [4.78, 5) is 27.1. The highest BCUT2D eigenvalue weighted by Crippen LogP contribution is 2.35. The van der Waals surface area contributed by atoms with Crippen LogP contribution in [0.3, 0.4) is 0 Å². The monoisotopic (exact) mass is 284 g/mol. The lowest BCUT2D eigenvalue weighted by atomic mass is 9.79. The van der Waals surface area contributed by atoms with Crippen LogP contribution < -0.4 is 11.2 Å². The van der Waals surface area contributed by atoms with Gasteiger partial charge in [0.05, 0.1) is 5.56 Å². The highest BCUT2D eigenvalue weighted by atomic mass is 35.5. The third-order valence-corrected chi connectivity index (χ3v) is 4.57. The van der Waals surface area contributed by atoms with Crippen molar-refractivity contribution in [2.45, 2.75) is 52.5 Å². The van der Waals surface area contributed by atoms with E-state index in [1.54, 1.807) is 0 Å². The molecule has 0 bridgehead atoms. The van der Waals surface area contributed by atoms with Gasteiger partial charge in [-0.25, -0.2) is 4.79 Å². The zero-order valence-corrected chi connectivity index (χ0v) is 12.5. The van der Waals surface area contributed by atoms with Gasteiger partial charge < -0.3 is 0 Å². The van der Waals surface area contributed by atoms with E-state index in [2.05, 4.69) is 18.8 Å². The summed E-state index contributed by atoms with van der Waals surface area (Å²) in [6.45, 7) is 6.21. The van der Waals surface area contributed by atoms with Crippen LogP contribution in [0.5, 0.6) is 0 Å². The standard InChI is InChI=1S/C14H21ClN2O2/c1-4-10-12(15)16-14(19)17(13(10)18)11-6-5-8(2)7-9(11)3/h8-9,11H,4-7H2,1-3H3,(H,16,19). The SMILES string of the molecule is CCc1c(Cl)[nH]c(=O)n(C2CCC(C)CC2C)c1=O. The van der Waals surface area contributed by atoms with Gasteiger partial charge in [0, 0.05) is 6.04 Å². The quantitative estimate of drug-likeness (QED) is 0.849. The fraction of sp³-hybridized carbons (Fsp3) is 0.714. The van der Waals surface area contributed by atoms with Crippen LogP contribution in [0.2, 0.25) is 5.15 Å². The molecule has 0 aliphatic heterocycles. The van der Waals surface area contributed by atoms with Gasteiger partial charge in [0.25, 0.3) is 5.56 Å². The molecule has 1 aliphatic carbocycles. The van der Waals surface area contributed by atoms with Gasteiger partial charge in [0.15, 0.2) is 0 Å². The largest absolute Gasteiger partial charge is 0.329 e. The smallest absolute Gasteiger partial charge is 0.297 e. The fourth-order valence-corrected chi connectivity index (χ4v) is 3.50. The summed E-state index contributed by atoms with van der Waals surface area (Å²) in [6.07, 6.45) is 3.54. The number of hydrogen-bond acceptors (Lipinski definition) is 2. The van der Waals surface area contributed by atoms with Gasteiger partial charge in [0.1, 0.15) is 5.15 Å². The van der Waals surface area contributed by atoms with E-state index in [4.69, 9.17) is 11.6 Å². The molecule has 1 heterocycles. The van der Waals surface area contributed by atoms with E-state index in [1.807, 2.05) is 6.92 Å². The highest BCUT2D eigenvalue weighted by Gasteiger charge is 2.29. The first-order chi connectivity index (χ1) is 8.95. The Balaban J connectivity index is 2.51.